The maximum absolute atomic E-state index is 6.04. The average Bonchev–Trinajstić information content (AvgIpc) is 2.31. The van der Waals surface area contributed by atoms with Crippen molar-refractivity contribution in [3.63, 3.8) is 0 Å². The van der Waals surface area contributed by atoms with Gasteiger partial charge in [0.15, 0.2) is 0 Å². The number of hydrogen-bond donors (Lipinski definition) is 1. The zero-order valence-electron chi connectivity index (χ0n) is 9.53. The molecule has 0 fully saturated rings. The molecule has 0 spiro atoms. The highest BCUT2D eigenvalue weighted by molar-refractivity contribution is 5.80. The fourth-order valence-electron chi connectivity index (χ4n) is 1.71. The number of rotatable bonds is 2. The smallest absolute Gasteiger partial charge is 0.142 e. The minimum Gasteiger partial charge on any atom is -0.495 e. The highest BCUT2D eigenvalue weighted by atomic mass is 16.5. The van der Waals surface area contributed by atoms with Gasteiger partial charge in [-0.3, -0.25) is 0 Å². The molecule has 0 bridgehead atoms. The summed E-state index contributed by atoms with van der Waals surface area (Å²) in [4.78, 5) is 0. The zero-order valence-corrected chi connectivity index (χ0v) is 9.53. The first-order chi connectivity index (χ1) is 7.72. The van der Waals surface area contributed by atoms with Crippen LogP contribution in [0.2, 0.25) is 0 Å². The van der Waals surface area contributed by atoms with Crippen molar-refractivity contribution < 1.29 is 4.74 Å². The van der Waals surface area contributed by atoms with E-state index < -0.39 is 0 Å². The highest BCUT2D eigenvalue weighted by Crippen LogP contribution is 2.32. The van der Waals surface area contributed by atoms with E-state index in [9.17, 15) is 0 Å². The minimum absolute atomic E-state index is 0.689. The van der Waals surface area contributed by atoms with Crippen LogP contribution < -0.4 is 10.5 Å². The van der Waals surface area contributed by atoms with Gasteiger partial charge in [0, 0.05) is 5.56 Å². The van der Waals surface area contributed by atoms with E-state index in [0.717, 1.165) is 16.9 Å². The van der Waals surface area contributed by atoms with Gasteiger partial charge in [0.2, 0.25) is 0 Å². The number of hydrogen-bond acceptors (Lipinski definition) is 2. The number of nitrogen functional groups attached to an aromatic ring is 1. The van der Waals surface area contributed by atoms with Crippen molar-refractivity contribution in [1.29, 1.82) is 0 Å². The minimum atomic E-state index is 0.689. The van der Waals surface area contributed by atoms with E-state index in [4.69, 9.17) is 10.5 Å². The SMILES string of the molecule is COc1cccc(-c2ccc(C)cc2)c1N. The van der Waals surface area contributed by atoms with E-state index >= 15 is 0 Å². The van der Waals surface area contributed by atoms with E-state index in [1.807, 2.05) is 18.2 Å². The molecule has 0 atom stereocenters. The molecule has 0 saturated heterocycles. The summed E-state index contributed by atoms with van der Waals surface area (Å²) >= 11 is 0. The maximum atomic E-state index is 6.04. The Hall–Kier alpha value is -1.96. The highest BCUT2D eigenvalue weighted by Gasteiger charge is 2.06. The van der Waals surface area contributed by atoms with Gasteiger partial charge in [-0.1, -0.05) is 42.0 Å². The Morgan fingerprint density at radius 2 is 1.69 bits per heavy atom. The topological polar surface area (TPSA) is 35.2 Å². The van der Waals surface area contributed by atoms with Crippen LogP contribution in [0.3, 0.4) is 0 Å². The van der Waals surface area contributed by atoms with Gasteiger partial charge in [-0.25, -0.2) is 0 Å². The molecule has 2 heteroatoms. The molecule has 2 aromatic rings. The Morgan fingerprint density at radius 1 is 1.00 bits per heavy atom. The first-order valence-corrected chi connectivity index (χ1v) is 5.22. The van der Waals surface area contributed by atoms with Crippen molar-refractivity contribution in [2.75, 3.05) is 12.8 Å². The lowest BCUT2D eigenvalue weighted by Crippen LogP contribution is -1.94. The normalized spacial score (nSPS) is 10.1. The van der Waals surface area contributed by atoms with Crippen molar-refractivity contribution in [3.05, 3.63) is 48.0 Å². The average molecular weight is 213 g/mol. The summed E-state index contributed by atoms with van der Waals surface area (Å²) in [6.07, 6.45) is 0. The number of nitrogens with two attached hydrogens (primary N) is 1. The summed E-state index contributed by atoms with van der Waals surface area (Å²) < 4.78 is 5.21. The number of para-hydroxylation sites is 1. The Bertz CT molecular complexity index is 489. The van der Waals surface area contributed by atoms with E-state index in [1.54, 1.807) is 7.11 Å². The van der Waals surface area contributed by atoms with Crippen molar-refractivity contribution in [2.45, 2.75) is 6.92 Å². The van der Waals surface area contributed by atoms with Crippen LogP contribution in [0.15, 0.2) is 42.5 Å². The predicted molar refractivity (Wildman–Crippen MR) is 67.6 cm³/mol. The summed E-state index contributed by atoms with van der Waals surface area (Å²) in [7, 11) is 1.63. The van der Waals surface area contributed by atoms with Crippen LogP contribution in [0.5, 0.6) is 5.75 Å². The van der Waals surface area contributed by atoms with Gasteiger partial charge in [-0.15, -0.1) is 0 Å². The molecule has 2 N–H and O–H groups in total. The van der Waals surface area contributed by atoms with Gasteiger partial charge in [-0.2, -0.15) is 0 Å². The van der Waals surface area contributed by atoms with E-state index in [2.05, 4.69) is 31.2 Å². The van der Waals surface area contributed by atoms with Gasteiger partial charge in [0.05, 0.1) is 12.8 Å². The van der Waals surface area contributed by atoms with Crippen LogP contribution in [-0.4, -0.2) is 7.11 Å². The van der Waals surface area contributed by atoms with Crippen LogP contribution in [0.4, 0.5) is 5.69 Å². The molecule has 0 heterocycles. The molecule has 82 valence electrons. The maximum Gasteiger partial charge on any atom is 0.142 e. The van der Waals surface area contributed by atoms with Crippen LogP contribution in [0.1, 0.15) is 5.56 Å². The van der Waals surface area contributed by atoms with Crippen molar-refractivity contribution >= 4 is 5.69 Å². The number of aryl methyl sites for hydroxylation is 1. The Balaban J connectivity index is 2.51. The summed E-state index contributed by atoms with van der Waals surface area (Å²) in [5.74, 6) is 0.720. The molecule has 2 rings (SSSR count). The predicted octanol–water partition coefficient (Wildman–Crippen LogP) is 3.25. The lowest BCUT2D eigenvalue weighted by Gasteiger charge is -2.10. The molecule has 2 nitrogen and oxygen atoms in total. The van der Waals surface area contributed by atoms with Crippen molar-refractivity contribution in [1.82, 2.24) is 0 Å². The summed E-state index contributed by atoms with van der Waals surface area (Å²) in [6.45, 7) is 2.07. The molecule has 0 radical (unpaired) electrons. The second-order valence-corrected chi connectivity index (χ2v) is 3.79. The molecule has 0 saturated carbocycles. The largest absolute Gasteiger partial charge is 0.495 e. The fourth-order valence-corrected chi connectivity index (χ4v) is 1.71. The van der Waals surface area contributed by atoms with E-state index in [0.29, 0.717) is 5.69 Å². The summed E-state index contributed by atoms with van der Waals surface area (Å²) in [5, 5.41) is 0. The van der Waals surface area contributed by atoms with Crippen molar-refractivity contribution in [3.8, 4) is 16.9 Å². The molecular formula is C14H15NO. The quantitative estimate of drug-likeness (QED) is 0.777. The number of anilines is 1. The van der Waals surface area contributed by atoms with Crippen LogP contribution in [0.25, 0.3) is 11.1 Å². The molecule has 16 heavy (non-hydrogen) atoms. The van der Waals surface area contributed by atoms with E-state index in [1.165, 1.54) is 5.56 Å². The molecular weight excluding hydrogens is 198 g/mol. The monoisotopic (exact) mass is 213 g/mol. The first kappa shape index (κ1) is 10.6. The Morgan fingerprint density at radius 3 is 2.31 bits per heavy atom. The molecule has 2 aromatic carbocycles. The molecule has 0 aliphatic heterocycles. The Labute approximate surface area is 95.7 Å². The number of benzene rings is 2. The number of ether oxygens (including phenoxy) is 1. The molecule has 0 unspecified atom stereocenters. The lowest BCUT2D eigenvalue weighted by atomic mass is 10.0. The third kappa shape index (κ3) is 1.87. The standard InChI is InChI=1S/C14H15NO/c1-10-6-8-11(9-7-10)12-4-3-5-13(16-2)14(12)15/h3-9H,15H2,1-2H3. The van der Waals surface area contributed by atoms with Gasteiger partial charge in [0.1, 0.15) is 5.75 Å². The van der Waals surface area contributed by atoms with Crippen molar-refractivity contribution in [2.24, 2.45) is 0 Å². The lowest BCUT2D eigenvalue weighted by molar-refractivity contribution is 0.417. The fraction of sp³-hybridized carbons (Fsp3) is 0.143. The Kier molecular flexibility index (Phi) is 2.82. The number of methoxy groups -OCH3 is 1. The third-order valence-electron chi connectivity index (χ3n) is 2.65. The summed E-state index contributed by atoms with van der Waals surface area (Å²) in [5.41, 5.74) is 10.1. The van der Waals surface area contributed by atoms with Crippen LogP contribution in [-0.2, 0) is 0 Å². The molecule has 0 amide bonds. The van der Waals surface area contributed by atoms with Gasteiger partial charge >= 0.3 is 0 Å². The zero-order chi connectivity index (χ0) is 11.5. The molecule has 0 aliphatic carbocycles. The van der Waals surface area contributed by atoms with Crippen LogP contribution in [0, 0.1) is 6.92 Å². The molecule has 0 aliphatic rings. The second kappa shape index (κ2) is 4.27. The third-order valence-corrected chi connectivity index (χ3v) is 2.65. The van der Waals surface area contributed by atoms with Crippen LogP contribution >= 0.6 is 0 Å². The summed E-state index contributed by atoms with van der Waals surface area (Å²) in [6, 6.07) is 14.1. The van der Waals surface area contributed by atoms with Gasteiger partial charge < -0.3 is 10.5 Å². The van der Waals surface area contributed by atoms with E-state index in [-0.39, 0.29) is 0 Å². The van der Waals surface area contributed by atoms with Gasteiger partial charge in [-0.05, 0) is 18.6 Å². The second-order valence-electron chi connectivity index (χ2n) is 3.79. The first-order valence-electron chi connectivity index (χ1n) is 5.22. The van der Waals surface area contributed by atoms with Gasteiger partial charge in [0.25, 0.3) is 0 Å². The molecule has 0 aromatic heterocycles.